The van der Waals surface area contributed by atoms with Crippen LogP contribution in [-0.2, 0) is 16.0 Å². The zero-order valence-electron chi connectivity index (χ0n) is 15.8. The van der Waals surface area contributed by atoms with E-state index in [2.05, 4.69) is 4.98 Å². The van der Waals surface area contributed by atoms with Crippen LogP contribution in [0.2, 0.25) is 0 Å². The van der Waals surface area contributed by atoms with Crippen molar-refractivity contribution in [2.45, 2.75) is 13.3 Å². The van der Waals surface area contributed by atoms with Crippen LogP contribution in [0.3, 0.4) is 0 Å². The number of hydrogen-bond acceptors (Lipinski definition) is 6. The predicted molar refractivity (Wildman–Crippen MR) is 109 cm³/mol. The number of aromatic nitrogens is 1. The third kappa shape index (κ3) is 3.95. The smallest absolute Gasteiger partial charge is 0.311 e. The molecule has 0 aliphatic carbocycles. The Morgan fingerprint density at radius 2 is 1.69 bits per heavy atom. The average molecular weight is 406 g/mol. The highest BCUT2D eigenvalue weighted by molar-refractivity contribution is 7.13. The van der Waals surface area contributed by atoms with Crippen LogP contribution in [0.4, 0.5) is 0 Å². The van der Waals surface area contributed by atoms with E-state index in [1.54, 1.807) is 24.3 Å². The molecule has 6 nitrogen and oxygen atoms in total. The molecule has 2 amide bonds. The summed E-state index contributed by atoms with van der Waals surface area (Å²) in [6.07, 6.45) is 0.0461. The van der Waals surface area contributed by atoms with Gasteiger partial charge in [-0.3, -0.25) is 19.3 Å². The number of thiazole rings is 1. The summed E-state index contributed by atoms with van der Waals surface area (Å²) in [6, 6.07) is 14.7. The zero-order chi connectivity index (χ0) is 20.4. The third-order valence-electron chi connectivity index (χ3n) is 4.63. The van der Waals surface area contributed by atoms with Crippen LogP contribution >= 0.6 is 11.3 Å². The first-order valence-electron chi connectivity index (χ1n) is 9.15. The second kappa shape index (κ2) is 7.97. The minimum atomic E-state index is -0.442. The lowest BCUT2D eigenvalue weighted by molar-refractivity contribution is -0.143. The summed E-state index contributed by atoms with van der Waals surface area (Å²) in [7, 11) is 0. The summed E-state index contributed by atoms with van der Waals surface area (Å²) >= 11 is 1.47. The highest BCUT2D eigenvalue weighted by Crippen LogP contribution is 2.24. The van der Waals surface area contributed by atoms with Crippen molar-refractivity contribution < 1.29 is 19.1 Å². The molecule has 2 aromatic carbocycles. The van der Waals surface area contributed by atoms with Crippen LogP contribution in [-0.4, -0.2) is 40.8 Å². The quantitative estimate of drug-likeness (QED) is 0.463. The average Bonchev–Trinajstić information content (AvgIpc) is 3.27. The molecule has 1 aromatic heterocycles. The summed E-state index contributed by atoms with van der Waals surface area (Å²) in [5.74, 6) is -1.16. The van der Waals surface area contributed by atoms with Gasteiger partial charge in [0.1, 0.15) is 11.6 Å². The third-order valence-corrected chi connectivity index (χ3v) is 5.57. The summed E-state index contributed by atoms with van der Waals surface area (Å²) in [5, 5.41) is 2.68. The van der Waals surface area contributed by atoms with E-state index in [0.29, 0.717) is 16.8 Å². The van der Waals surface area contributed by atoms with Gasteiger partial charge in [-0.15, -0.1) is 11.3 Å². The summed E-state index contributed by atoms with van der Waals surface area (Å²) in [5.41, 5.74) is 3.58. The van der Waals surface area contributed by atoms with Crippen molar-refractivity contribution in [3.8, 4) is 10.6 Å². The molecule has 1 aliphatic rings. The van der Waals surface area contributed by atoms with Crippen LogP contribution in [0.5, 0.6) is 0 Å². The molecule has 0 bridgehead atoms. The number of ether oxygens (including phenoxy) is 1. The molecule has 0 fully saturated rings. The summed E-state index contributed by atoms with van der Waals surface area (Å²) in [6.45, 7) is 2.01. The molecule has 1 aliphatic heterocycles. The van der Waals surface area contributed by atoms with Gasteiger partial charge in [-0.25, -0.2) is 4.98 Å². The number of amides is 2. The second-order valence-electron chi connectivity index (χ2n) is 6.71. The van der Waals surface area contributed by atoms with E-state index >= 15 is 0 Å². The van der Waals surface area contributed by atoms with Gasteiger partial charge in [-0.05, 0) is 19.1 Å². The highest BCUT2D eigenvalue weighted by Gasteiger charge is 2.34. The van der Waals surface area contributed by atoms with Crippen molar-refractivity contribution in [2.24, 2.45) is 0 Å². The molecular formula is C22H18N2O4S. The van der Waals surface area contributed by atoms with Crippen LogP contribution in [0.15, 0.2) is 53.9 Å². The van der Waals surface area contributed by atoms with Gasteiger partial charge in [-0.1, -0.05) is 42.0 Å². The fourth-order valence-electron chi connectivity index (χ4n) is 3.11. The molecule has 29 heavy (non-hydrogen) atoms. The minimum absolute atomic E-state index is 0.0315. The van der Waals surface area contributed by atoms with Gasteiger partial charge >= 0.3 is 5.97 Å². The molecule has 0 radical (unpaired) electrons. The van der Waals surface area contributed by atoms with E-state index in [4.69, 9.17) is 4.74 Å². The summed E-state index contributed by atoms with van der Waals surface area (Å²) in [4.78, 5) is 42.3. The van der Waals surface area contributed by atoms with Crippen molar-refractivity contribution in [3.05, 3.63) is 76.3 Å². The number of nitrogens with zero attached hydrogens (tertiary/aromatic N) is 2. The number of imide groups is 1. The van der Waals surface area contributed by atoms with Crippen LogP contribution < -0.4 is 0 Å². The van der Waals surface area contributed by atoms with E-state index in [-0.39, 0.29) is 31.4 Å². The molecule has 0 saturated heterocycles. The maximum atomic E-state index is 12.3. The molecule has 0 spiro atoms. The Morgan fingerprint density at radius 3 is 2.34 bits per heavy atom. The first kappa shape index (κ1) is 19.0. The Hall–Kier alpha value is -3.32. The lowest BCUT2D eigenvalue weighted by Gasteiger charge is -2.13. The number of carbonyl (C=O) groups is 3. The molecule has 0 N–H and O–H groups in total. The van der Waals surface area contributed by atoms with Gasteiger partial charge in [-0.2, -0.15) is 0 Å². The Labute approximate surface area is 171 Å². The maximum Gasteiger partial charge on any atom is 0.311 e. The van der Waals surface area contributed by atoms with Crippen molar-refractivity contribution in [1.82, 2.24) is 9.88 Å². The van der Waals surface area contributed by atoms with Gasteiger partial charge in [0.05, 0.1) is 29.8 Å². The first-order chi connectivity index (χ1) is 14.0. The van der Waals surface area contributed by atoms with E-state index < -0.39 is 5.97 Å². The van der Waals surface area contributed by atoms with E-state index in [1.165, 1.54) is 16.9 Å². The number of fused-ring (bicyclic) bond motifs is 1. The Morgan fingerprint density at radius 1 is 1.03 bits per heavy atom. The lowest BCUT2D eigenvalue weighted by Crippen LogP contribution is -2.33. The largest absolute Gasteiger partial charge is 0.463 e. The van der Waals surface area contributed by atoms with Crippen molar-refractivity contribution in [3.63, 3.8) is 0 Å². The Kier molecular flexibility index (Phi) is 5.22. The lowest BCUT2D eigenvalue weighted by atomic mass is 10.1. The maximum absolute atomic E-state index is 12.3. The van der Waals surface area contributed by atoms with Gasteiger partial charge in [0.25, 0.3) is 11.8 Å². The van der Waals surface area contributed by atoms with Crippen molar-refractivity contribution in [2.75, 3.05) is 13.2 Å². The van der Waals surface area contributed by atoms with E-state index in [9.17, 15) is 14.4 Å². The molecule has 146 valence electrons. The van der Waals surface area contributed by atoms with Crippen molar-refractivity contribution in [1.29, 1.82) is 0 Å². The summed E-state index contributed by atoms with van der Waals surface area (Å²) < 4.78 is 5.21. The molecule has 0 unspecified atom stereocenters. The number of aryl methyl sites for hydroxylation is 1. The second-order valence-corrected chi connectivity index (χ2v) is 7.57. The normalized spacial score (nSPS) is 12.9. The predicted octanol–water partition coefficient (Wildman–Crippen LogP) is 3.50. The van der Waals surface area contributed by atoms with Gasteiger partial charge < -0.3 is 4.74 Å². The van der Waals surface area contributed by atoms with Gasteiger partial charge in [0.2, 0.25) is 0 Å². The number of rotatable bonds is 6. The molecule has 2 heterocycles. The van der Waals surface area contributed by atoms with Crippen LogP contribution in [0, 0.1) is 6.92 Å². The molecule has 7 heteroatoms. The minimum Gasteiger partial charge on any atom is -0.463 e. The SMILES string of the molecule is Cc1ccc(-c2nc(CC(=O)OCCN3C(=O)c4ccccc4C3=O)cs2)cc1. The number of benzene rings is 2. The van der Waals surface area contributed by atoms with Crippen LogP contribution in [0.25, 0.3) is 10.6 Å². The first-order valence-corrected chi connectivity index (χ1v) is 10.0. The van der Waals surface area contributed by atoms with Gasteiger partial charge in [0.15, 0.2) is 0 Å². The molecule has 0 atom stereocenters. The monoisotopic (exact) mass is 406 g/mol. The topological polar surface area (TPSA) is 76.6 Å². The van der Waals surface area contributed by atoms with E-state index in [1.807, 2.05) is 36.6 Å². The standard InChI is InChI=1S/C22H18N2O4S/c1-14-6-8-15(9-7-14)20-23-16(13-29-20)12-19(25)28-11-10-24-21(26)17-4-2-3-5-18(17)22(24)27/h2-9,13H,10-12H2,1H3. The fraction of sp³-hybridized carbons (Fsp3) is 0.182. The van der Waals surface area contributed by atoms with Crippen molar-refractivity contribution >= 4 is 29.1 Å². The molecule has 3 aromatic rings. The number of carbonyl (C=O) groups excluding carboxylic acids is 3. The molecular weight excluding hydrogens is 388 g/mol. The fourth-order valence-corrected chi connectivity index (χ4v) is 3.93. The molecule has 4 rings (SSSR count). The Balaban J connectivity index is 1.30. The van der Waals surface area contributed by atoms with Crippen LogP contribution in [0.1, 0.15) is 32.0 Å². The van der Waals surface area contributed by atoms with Gasteiger partial charge in [0, 0.05) is 10.9 Å². The number of hydrogen-bond donors (Lipinski definition) is 0. The highest BCUT2D eigenvalue weighted by atomic mass is 32.1. The molecule has 0 saturated carbocycles. The number of esters is 1. The van der Waals surface area contributed by atoms with E-state index in [0.717, 1.165) is 15.5 Å². The zero-order valence-corrected chi connectivity index (χ0v) is 16.6. The Bertz CT molecular complexity index is 1050.